The number of rotatable bonds is 5. The van der Waals surface area contributed by atoms with Gasteiger partial charge < -0.3 is 4.74 Å². The predicted octanol–water partition coefficient (Wildman–Crippen LogP) is 2.59. The van der Waals surface area contributed by atoms with Gasteiger partial charge >= 0.3 is 0 Å². The van der Waals surface area contributed by atoms with E-state index in [-0.39, 0.29) is 0 Å². The fraction of sp³-hybridized carbons (Fsp3) is 0.667. The van der Waals surface area contributed by atoms with Gasteiger partial charge in [0.15, 0.2) is 0 Å². The molecule has 1 aromatic rings. The molecule has 0 atom stereocenters. The Labute approximate surface area is 87.2 Å². The molecule has 0 bridgehead atoms. The molecular formula is C9H15BrN2O. The molecule has 0 saturated carbocycles. The van der Waals surface area contributed by atoms with Gasteiger partial charge in [-0.3, -0.25) is 4.68 Å². The molecule has 1 heterocycles. The van der Waals surface area contributed by atoms with Crippen LogP contribution in [0.2, 0.25) is 0 Å². The Bertz CT molecular complexity index is 260. The predicted molar refractivity (Wildman–Crippen MR) is 55.5 cm³/mol. The topological polar surface area (TPSA) is 27.1 Å². The van der Waals surface area contributed by atoms with Crippen LogP contribution < -0.4 is 0 Å². The number of halogens is 1. The van der Waals surface area contributed by atoms with Crippen LogP contribution in [-0.4, -0.2) is 16.4 Å². The second kappa shape index (κ2) is 5.40. The first kappa shape index (κ1) is 10.7. The molecule has 1 rings (SSSR count). The minimum atomic E-state index is 0.641. The van der Waals surface area contributed by atoms with Crippen LogP contribution in [-0.2, 0) is 17.9 Å². The zero-order chi connectivity index (χ0) is 9.68. The first-order valence-corrected chi connectivity index (χ1v) is 5.36. The number of nitrogens with zero attached hydrogens (tertiary/aromatic N) is 2. The lowest BCUT2D eigenvalue weighted by molar-refractivity contribution is 0.115. The lowest BCUT2D eigenvalue weighted by Crippen LogP contribution is -2.05. The third kappa shape index (κ3) is 2.81. The van der Waals surface area contributed by atoms with Gasteiger partial charge in [0.2, 0.25) is 0 Å². The highest BCUT2D eigenvalue weighted by molar-refractivity contribution is 9.10. The summed E-state index contributed by atoms with van der Waals surface area (Å²) in [6, 6.07) is 0. The van der Waals surface area contributed by atoms with Crippen molar-refractivity contribution < 1.29 is 4.74 Å². The highest BCUT2D eigenvalue weighted by Gasteiger charge is 2.06. The van der Waals surface area contributed by atoms with Crippen molar-refractivity contribution in [3.8, 4) is 0 Å². The number of hydrogen-bond donors (Lipinski definition) is 0. The molecule has 0 N–H and O–H groups in total. The Morgan fingerprint density at radius 2 is 2.31 bits per heavy atom. The molecule has 0 aromatic carbocycles. The summed E-state index contributed by atoms with van der Waals surface area (Å²) >= 11 is 3.45. The van der Waals surface area contributed by atoms with Gasteiger partial charge in [0.25, 0.3) is 0 Å². The number of ether oxygens (including phenoxy) is 1. The Kier molecular flexibility index (Phi) is 4.45. The minimum Gasteiger partial charge on any atom is -0.375 e. The van der Waals surface area contributed by atoms with Crippen LogP contribution in [0, 0.1) is 0 Å². The molecule has 13 heavy (non-hydrogen) atoms. The van der Waals surface area contributed by atoms with Gasteiger partial charge in [-0.05, 0) is 29.3 Å². The molecule has 1 aromatic heterocycles. The maximum Gasteiger partial charge on any atom is 0.0896 e. The van der Waals surface area contributed by atoms with Crippen LogP contribution in [0.4, 0.5) is 0 Å². The minimum absolute atomic E-state index is 0.641. The van der Waals surface area contributed by atoms with Gasteiger partial charge in [-0.15, -0.1) is 0 Å². The maximum absolute atomic E-state index is 5.46. The van der Waals surface area contributed by atoms with E-state index in [1.807, 2.05) is 10.9 Å². The van der Waals surface area contributed by atoms with Crippen LogP contribution in [0.25, 0.3) is 0 Å². The van der Waals surface area contributed by atoms with Crippen molar-refractivity contribution in [2.24, 2.45) is 0 Å². The van der Waals surface area contributed by atoms with E-state index in [1.54, 1.807) is 0 Å². The van der Waals surface area contributed by atoms with Crippen molar-refractivity contribution in [3.05, 3.63) is 16.4 Å². The van der Waals surface area contributed by atoms with Crippen molar-refractivity contribution in [2.75, 3.05) is 6.61 Å². The van der Waals surface area contributed by atoms with E-state index in [1.165, 1.54) is 0 Å². The maximum atomic E-state index is 5.46. The molecular weight excluding hydrogens is 232 g/mol. The zero-order valence-corrected chi connectivity index (χ0v) is 9.67. The lowest BCUT2D eigenvalue weighted by Gasteiger charge is -2.05. The van der Waals surface area contributed by atoms with Crippen molar-refractivity contribution in [3.63, 3.8) is 0 Å². The van der Waals surface area contributed by atoms with E-state index < -0.39 is 0 Å². The zero-order valence-electron chi connectivity index (χ0n) is 8.09. The summed E-state index contributed by atoms with van der Waals surface area (Å²) in [4.78, 5) is 0. The van der Waals surface area contributed by atoms with Gasteiger partial charge in [0, 0.05) is 13.2 Å². The van der Waals surface area contributed by atoms with E-state index in [0.29, 0.717) is 6.61 Å². The van der Waals surface area contributed by atoms with Crippen LogP contribution in [0.1, 0.15) is 26.0 Å². The van der Waals surface area contributed by atoms with Crippen molar-refractivity contribution in [2.45, 2.75) is 33.4 Å². The van der Waals surface area contributed by atoms with Crippen molar-refractivity contribution >= 4 is 15.9 Å². The van der Waals surface area contributed by atoms with Crippen LogP contribution in [0.3, 0.4) is 0 Å². The molecule has 4 heteroatoms. The second-order valence-corrected chi connectivity index (χ2v) is 3.66. The molecule has 0 radical (unpaired) electrons. The molecule has 0 aliphatic rings. The Hall–Kier alpha value is -0.350. The standard InChI is InChI=1S/C9H15BrN2O/c1-3-5-13-7-9-8(10)6-11-12(9)4-2/h6H,3-5,7H2,1-2H3. The number of hydrogen-bond acceptors (Lipinski definition) is 2. The molecule has 3 nitrogen and oxygen atoms in total. The molecule has 0 unspecified atom stereocenters. The summed E-state index contributed by atoms with van der Waals surface area (Å²) in [6.45, 7) is 6.51. The number of aromatic nitrogens is 2. The van der Waals surface area contributed by atoms with Gasteiger partial charge in [0.05, 0.1) is 23.0 Å². The molecule has 74 valence electrons. The quantitative estimate of drug-likeness (QED) is 0.748. The Morgan fingerprint density at radius 3 is 2.92 bits per heavy atom. The SMILES string of the molecule is CCCOCc1c(Br)cnn1CC. The first-order valence-electron chi connectivity index (χ1n) is 4.57. The van der Waals surface area contributed by atoms with E-state index >= 15 is 0 Å². The average molecular weight is 247 g/mol. The molecule has 0 fully saturated rings. The molecule has 0 aliphatic carbocycles. The highest BCUT2D eigenvalue weighted by Crippen LogP contribution is 2.16. The van der Waals surface area contributed by atoms with E-state index in [2.05, 4.69) is 34.9 Å². The molecule has 0 saturated heterocycles. The Morgan fingerprint density at radius 1 is 1.54 bits per heavy atom. The first-order chi connectivity index (χ1) is 6.29. The lowest BCUT2D eigenvalue weighted by atomic mass is 10.4. The van der Waals surface area contributed by atoms with Gasteiger partial charge in [0.1, 0.15) is 0 Å². The second-order valence-electron chi connectivity index (χ2n) is 2.81. The smallest absolute Gasteiger partial charge is 0.0896 e. The van der Waals surface area contributed by atoms with Crippen LogP contribution in [0.15, 0.2) is 10.7 Å². The fourth-order valence-corrected chi connectivity index (χ4v) is 1.53. The Balaban J connectivity index is 2.57. The summed E-state index contributed by atoms with van der Waals surface area (Å²) in [5.41, 5.74) is 1.12. The number of aryl methyl sites for hydroxylation is 1. The van der Waals surface area contributed by atoms with Crippen LogP contribution in [0.5, 0.6) is 0 Å². The third-order valence-corrected chi connectivity index (χ3v) is 2.45. The normalized spacial score (nSPS) is 10.7. The third-order valence-electron chi connectivity index (χ3n) is 1.78. The summed E-state index contributed by atoms with van der Waals surface area (Å²) in [7, 11) is 0. The van der Waals surface area contributed by atoms with Gasteiger partial charge in [-0.2, -0.15) is 5.10 Å². The fourth-order valence-electron chi connectivity index (χ4n) is 1.12. The van der Waals surface area contributed by atoms with Crippen LogP contribution >= 0.6 is 15.9 Å². The van der Waals surface area contributed by atoms with E-state index in [4.69, 9.17) is 4.74 Å². The van der Waals surface area contributed by atoms with Gasteiger partial charge in [-0.25, -0.2) is 0 Å². The van der Waals surface area contributed by atoms with Crippen molar-refractivity contribution in [1.29, 1.82) is 0 Å². The van der Waals surface area contributed by atoms with Crippen molar-refractivity contribution in [1.82, 2.24) is 9.78 Å². The molecule has 0 aliphatic heterocycles. The summed E-state index contributed by atoms with van der Waals surface area (Å²) < 4.78 is 8.44. The largest absolute Gasteiger partial charge is 0.375 e. The molecule has 0 spiro atoms. The van der Waals surface area contributed by atoms with E-state index in [0.717, 1.165) is 29.7 Å². The molecule has 0 amide bonds. The summed E-state index contributed by atoms with van der Waals surface area (Å²) in [5.74, 6) is 0. The van der Waals surface area contributed by atoms with Gasteiger partial charge in [-0.1, -0.05) is 6.92 Å². The highest BCUT2D eigenvalue weighted by atomic mass is 79.9. The summed E-state index contributed by atoms with van der Waals surface area (Å²) in [5, 5.41) is 4.20. The average Bonchev–Trinajstić information content (AvgIpc) is 2.48. The van der Waals surface area contributed by atoms with E-state index in [9.17, 15) is 0 Å². The monoisotopic (exact) mass is 246 g/mol. The summed E-state index contributed by atoms with van der Waals surface area (Å²) in [6.07, 6.45) is 2.87.